The van der Waals surface area contributed by atoms with Gasteiger partial charge in [-0.2, -0.15) is 0 Å². The van der Waals surface area contributed by atoms with Gasteiger partial charge in [0.05, 0.1) is 5.56 Å². The Morgan fingerprint density at radius 2 is 2.00 bits per heavy atom. The molecule has 0 unspecified atom stereocenters. The number of hydrogen-bond donors (Lipinski definition) is 1. The maximum atomic E-state index is 12.0. The average molecular weight is 255 g/mol. The fraction of sp³-hybridized carbons (Fsp3) is 0.267. The van der Waals surface area contributed by atoms with E-state index in [1.165, 1.54) is 0 Å². The van der Waals surface area contributed by atoms with Crippen molar-refractivity contribution in [3.05, 3.63) is 54.1 Å². The summed E-state index contributed by atoms with van der Waals surface area (Å²) in [5.41, 5.74) is 2.18. The van der Waals surface area contributed by atoms with Crippen LogP contribution in [0.25, 0.3) is 0 Å². The Kier molecular flexibility index (Phi) is 3.60. The Bertz CT molecular complexity index is 573. The van der Waals surface area contributed by atoms with Gasteiger partial charge in [-0.05, 0) is 24.3 Å². The first-order valence-electron chi connectivity index (χ1n) is 6.15. The van der Waals surface area contributed by atoms with Crippen molar-refractivity contribution < 1.29 is 4.79 Å². The first-order chi connectivity index (χ1) is 8.97. The van der Waals surface area contributed by atoms with Crippen molar-refractivity contribution in [2.24, 2.45) is 0 Å². The predicted molar refractivity (Wildman–Crippen MR) is 75.1 cm³/mol. The molecule has 0 spiro atoms. The number of nitrogens with zero attached hydrogens (tertiary/aromatic N) is 2. The van der Waals surface area contributed by atoms with Gasteiger partial charge in [-0.15, -0.1) is 0 Å². The lowest BCUT2D eigenvalue weighted by Gasteiger charge is -2.18. The van der Waals surface area contributed by atoms with Crippen molar-refractivity contribution in [3.8, 4) is 0 Å². The predicted octanol–water partition coefficient (Wildman–Crippen LogP) is 3.03. The first-order valence-corrected chi connectivity index (χ1v) is 6.15. The number of pyridine rings is 2. The summed E-state index contributed by atoms with van der Waals surface area (Å²) >= 11 is 0. The van der Waals surface area contributed by atoms with Gasteiger partial charge in [-0.3, -0.25) is 14.8 Å². The second-order valence-corrected chi connectivity index (χ2v) is 5.38. The van der Waals surface area contributed by atoms with Gasteiger partial charge in [-0.1, -0.05) is 20.8 Å². The Labute approximate surface area is 112 Å². The Hall–Kier alpha value is -2.23. The highest BCUT2D eigenvalue weighted by atomic mass is 16.1. The van der Waals surface area contributed by atoms with Crippen LogP contribution in [0.1, 0.15) is 36.8 Å². The second-order valence-electron chi connectivity index (χ2n) is 5.38. The minimum absolute atomic E-state index is 0.0466. The molecule has 0 radical (unpaired) electrons. The first kappa shape index (κ1) is 13.2. The summed E-state index contributed by atoms with van der Waals surface area (Å²) in [7, 11) is 0. The van der Waals surface area contributed by atoms with E-state index >= 15 is 0 Å². The lowest BCUT2D eigenvalue weighted by Crippen LogP contribution is -2.16. The normalized spacial score (nSPS) is 11.1. The maximum absolute atomic E-state index is 12.0. The van der Waals surface area contributed by atoms with Gasteiger partial charge in [0.15, 0.2) is 0 Å². The number of aromatic nitrogens is 2. The summed E-state index contributed by atoms with van der Waals surface area (Å²) in [6.07, 6.45) is 4.89. The van der Waals surface area contributed by atoms with Gasteiger partial charge in [0.1, 0.15) is 0 Å². The molecule has 0 saturated heterocycles. The van der Waals surface area contributed by atoms with Crippen LogP contribution in [0.4, 0.5) is 5.69 Å². The van der Waals surface area contributed by atoms with Crippen LogP contribution in [-0.4, -0.2) is 15.9 Å². The van der Waals surface area contributed by atoms with E-state index in [9.17, 15) is 4.79 Å². The molecule has 2 heterocycles. The summed E-state index contributed by atoms with van der Waals surface area (Å²) in [5, 5.41) is 2.85. The molecule has 1 N–H and O–H groups in total. The smallest absolute Gasteiger partial charge is 0.257 e. The monoisotopic (exact) mass is 255 g/mol. The van der Waals surface area contributed by atoms with Crippen molar-refractivity contribution in [3.63, 3.8) is 0 Å². The molecule has 4 heteroatoms. The highest BCUT2D eigenvalue weighted by Gasteiger charge is 2.16. The summed E-state index contributed by atoms with van der Waals surface area (Å²) < 4.78 is 0. The molecule has 1 amide bonds. The zero-order valence-corrected chi connectivity index (χ0v) is 11.3. The average Bonchev–Trinajstić information content (AvgIpc) is 2.39. The summed E-state index contributed by atoms with van der Waals surface area (Å²) in [5.74, 6) is -0.167. The molecule has 0 aliphatic carbocycles. The van der Waals surface area contributed by atoms with Crippen molar-refractivity contribution in [2.45, 2.75) is 26.2 Å². The van der Waals surface area contributed by atoms with E-state index in [4.69, 9.17) is 0 Å². The van der Waals surface area contributed by atoms with Crippen LogP contribution in [-0.2, 0) is 5.41 Å². The Balaban J connectivity index is 2.18. The van der Waals surface area contributed by atoms with Gasteiger partial charge < -0.3 is 5.32 Å². The number of anilines is 1. The molecule has 0 saturated carbocycles. The van der Waals surface area contributed by atoms with E-state index in [2.05, 4.69) is 36.1 Å². The molecule has 19 heavy (non-hydrogen) atoms. The molecule has 4 nitrogen and oxygen atoms in total. The van der Waals surface area contributed by atoms with Gasteiger partial charge in [-0.25, -0.2) is 0 Å². The number of amides is 1. The van der Waals surface area contributed by atoms with Crippen molar-refractivity contribution in [1.82, 2.24) is 9.97 Å². The third-order valence-electron chi connectivity index (χ3n) is 2.71. The van der Waals surface area contributed by atoms with E-state index in [0.717, 1.165) is 11.4 Å². The van der Waals surface area contributed by atoms with E-state index in [0.29, 0.717) is 5.56 Å². The molecular formula is C15H17N3O. The molecule has 2 aromatic heterocycles. The Morgan fingerprint density at radius 1 is 1.21 bits per heavy atom. The van der Waals surface area contributed by atoms with Gasteiger partial charge in [0, 0.05) is 35.4 Å². The van der Waals surface area contributed by atoms with E-state index < -0.39 is 0 Å². The van der Waals surface area contributed by atoms with Crippen LogP contribution in [0, 0.1) is 0 Å². The van der Waals surface area contributed by atoms with Crippen molar-refractivity contribution >= 4 is 11.6 Å². The summed E-state index contributed by atoms with van der Waals surface area (Å²) in [6, 6.07) is 7.15. The second kappa shape index (κ2) is 5.18. The van der Waals surface area contributed by atoms with Crippen LogP contribution in [0.5, 0.6) is 0 Å². The fourth-order valence-electron chi connectivity index (χ4n) is 1.62. The number of carbonyl (C=O) groups is 1. The van der Waals surface area contributed by atoms with Crippen LogP contribution < -0.4 is 5.32 Å². The number of carbonyl (C=O) groups excluding carboxylic acids is 1. The third kappa shape index (κ3) is 3.37. The maximum Gasteiger partial charge on any atom is 0.257 e. The van der Waals surface area contributed by atoms with Gasteiger partial charge in [0.2, 0.25) is 0 Å². The highest BCUT2D eigenvalue weighted by Crippen LogP contribution is 2.22. The zero-order chi connectivity index (χ0) is 13.9. The van der Waals surface area contributed by atoms with Crippen LogP contribution >= 0.6 is 0 Å². The molecule has 0 fully saturated rings. The zero-order valence-electron chi connectivity index (χ0n) is 11.3. The topological polar surface area (TPSA) is 54.9 Å². The lowest BCUT2D eigenvalue weighted by molar-refractivity contribution is 0.102. The molecule has 0 aromatic carbocycles. The largest absolute Gasteiger partial charge is 0.322 e. The molecule has 0 bridgehead atoms. The highest BCUT2D eigenvalue weighted by molar-refractivity contribution is 6.03. The summed E-state index contributed by atoms with van der Waals surface area (Å²) in [4.78, 5) is 20.3. The van der Waals surface area contributed by atoms with E-state index in [1.807, 2.05) is 6.07 Å². The van der Waals surface area contributed by atoms with Crippen molar-refractivity contribution in [2.75, 3.05) is 5.32 Å². The molecule has 98 valence electrons. The Morgan fingerprint density at radius 3 is 2.63 bits per heavy atom. The van der Waals surface area contributed by atoms with Gasteiger partial charge in [0.25, 0.3) is 5.91 Å². The fourth-order valence-corrected chi connectivity index (χ4v) is 1.62. The van der Waals surface area contributed by atoms with Crippen molar-refractivity contribution in [1.29, 1.82) is 0 Å². The van der Waals surface area contributed by atoms with Crippen LogP contribution in [0.3, 0.4) is 0 Å². The number of rotatable bonds is 2. The SMILES string of the molecule is CC(C)(C)c1cc(NC(=O)c2cccnc2)ccn1. The molecule has 0 atom stereocenters. The standard InChI is InChI=1S/C15H17N3O/c1-15(2,3)13-9-12(6-8-17-13)18-14(19)11-5-4-7-16-10-11/h4-10H,1-3H3,(H,17,18,19). The molecule has 0 aliphatic heterocycles. The molecule has 0 aliphatic rings. The minimum Gasteiger partial charge on any atom is -0.322 e. The van der Waals surface area contributed by atoms with E-state index in [-0.39, 0.29) is 11.3 Å². The molecule has 2 aromatic rings. The van der Waals surface area contributed by atoms with E-state index in [1.54, 1.807) is 36.8 Å². The molecule has 2 rings (SSSR count). The minimum atomic E-state index is -0.167. The van der Waals surface area contributed by atoms with Gasteiger partial charge >= 0.3 is 0 Å². The molecular weight excluding hydrogens is 238 g/mol. The number of nitrogens with one attached hydrogen (secondary N) is 1. The summed E-state index contributed by atoms with van der Waals surface area (Å²) in [6.45, 7) is 6.26. The van der Waals surface area contributed by atoms with Crippen LogP contribution in [0.2, 0.25) is 0 Å². The quantitative estimate of drug-likeness (QED) is 0.897. The number of hydrogen-bond acceptors (Lipinski definition) is 3. The third-order valence-corrected chi connectivity index (χ3v) is 2.71. The lowest BCUT2D eigenvalue weighted by atomic mass is 9.91. The van der Waals surface area contributed by atoms with Crippen LogP contribution in [0.15, 0.2) is 42.9 Å².